The smallest absolute Gasteiger partial charge is 0.270 e. The molecule has 4 heterocycles. The zero-order valence-electron chi connectivity index (χ0n) is 20.4. The van der Waals surface area contributed by atoms with Crippen LogP contribution in [0.5, 0.6) is 0 Å². The molecule has 2 unspecified atom stereocenters. The van der Waals surface area contributed by atoms with Crippen LogP contribution in [-0.2, 0) is 10.0 Å². The quantitative estimate of drug-likeness (QED) is 0.562. The van der Waals surface area contributed by atoms with Crippen molar-refractivity contribution in [1.82, 2.24) is 15.2 Å². The predicted octanol–water partition coefficient (Wildman–Crippen LogP) is 4.01. The maximum absolute atomic E-state index is 13.2. The minimum Gasteiger partial charge on any atom is -0.351 e. The molecule has 2 aromatic rings. The number of para-hydroxylation sites is 1. The molecule has 0 saturated carbocycles. The van der Waals surface area contributed by atoms with Crippen molar-refractivity contribution < 1.29 is 8.42 Å². The summed E-state index contributed by atoms with van der Waals surface area (Å²) in [5.41, 5.74) is 2.43. The van der Waals surface area contributed by atoms with E-state index in [9.17, 15) is 8.42 Å². The Labute approximate surface area is 216 Å². The summed E-state index contributed by atoms with van der Waals surface area (Å²) < 4.78 is 28.2. The molecule has 3 aliphatic heterocycles. The number of hydrogen-bond donors (Lipinski definition) is 2. The van der Waals surface area contributed by atoms with E-state index in [4.69, 9.17) is 4.99 Å². The molecule has 1 aromatic heterocycles. The lowest BCUT2D eigenvalue weighted by Crippen LogP contribution is -2.54. The zero-order valence-corrected chi connectivity index (χ0v) is 22.8. The van der Waals surface area contributed by atoms with E-state index in [1.54, 1.807) is 19.2 Å². The third-order valence-corrected chi connectivity index (χ3v) is 11.2. The van der Waals surface area contributed by atoms with Gasteiger partial charge in [0.15, 0.2) is 0 Å². The Kier molecular flexibility index (Phi) is 7.37. The summed E-state index contributed by atoms with van der Waals surface area (Å²) in [6.07, 6.45) is 6.55. The second-order valence-corrected chi connectivity index (χ2v) is 14.1. The fourth-order valence-electron chi connectivity index (χ4n) is 4.99. The summed E-state index contributed by atoms with van der Waals surface area (Å²) in [7, 11) is -1.98. The summed E-state index contributed by atoms with van der Waals surface area (Å²) in [6, 6.07) is 8.94. The van der Waals surface area contributed by atoms with Crippen molar-refractivity contribution in [2.45, 2.75) is 37.6 Å². The van der Waals surface area contributed by atoms with E-state index in [1.165, 1.54) is 16.1 Å². The number of aromatic nitrogens is 1. The number of anilines is 1. The monoisotopic (exact) mass is 531 g/mol. The highest BCUT2D eigenvalue weighted by atomic mass is 32.3. The highest BCUT2D eigenvalue weighted by Gasteiger charge is 2.28. The van der Waals surface area contributed by atoms with Gasteiger partial charge >= 0.3 is 0 Å². The van der Waals surface area contributed by atoms with Crippen LogP contribution in [0.2, 0.25) is 0 Å². The molecule has 5 rings (SSSR count). The van der Waals surface area contributed by atoms with Crippen LogP contribution >= 0.6 is 23.5 Å². The number of hydrogen-bond acceptors (Lipinski definition) is 7. The number of fused-ring (bicyclic) bond motifs is 1. The maximum atomic E-state index is 13.2. The molecular formula is C25H33N5O2S3. The Morgan fingerprint density at radius 3 is 2.77 bits per heavy atom. The van der Waals surface area contributed by atoms with E-state index in [2.05, 4.69) is 35.1 Å². The molecule has 35 heavy (non-hydrogen) atoms. The maximum Gasteiger partial charge on any atom is 0.270 e. The van der Waals surface area contributed by atoms with Gasteiger partial charge in [-0.25, -0.2) is 8.42 Å². The first-order valence-corrected chi connectivity index (χ1v) is 15.4. The molecule has 1 saturated heterocycles. The number of aliphatic imine (C=N–C) groups is 1. The molecule has 188 valence electrons. The van der Waals surface area contributed by atoms with E-state index in [0.29, 0.717) is 33.0 Å². The summed E-state index contributed by atoms with van der Waals surface area (Å²) in [6.45, 7) is 8.63. The molecule has 0 spiro atoms. The topological polar surface area (TPSA) is 80.8 Å². The van der Waals surface area contributed by atoms with Crippen molar-refractivity contribution in [2.24, 2.45) is 4.99 Å². The summed E-state index contributed by atoms with van der Waals surface area (Å²) in [4.78, 5) is 10.9. The molecule has 2 N–H and O–H groups in total. The molecule has 0 amide bonds. The summed E-state index contributed by atoms with van der Waals surface area (Å²) in [5, 5.41) is 6.07. The van der Waals surface area contributed by atoms with E-state index in [0.717, 1.165) is 54.2 Å². The number of aromatic amines is 1. The minimum atomic E-state index is -3.61. The number of sulfonamides is 1. The fourth-order valence-corrected chi connectivity index (χ4v) is 8.68. The predicted molar refractivity (Wildman–Crippen MR) is 151 cm³/mol. The van der Waals surface area contributed by atoms with Crippen molar-refractivity contribution in [3.05, 3.63) is 52.4 Å². The second-order valence-electron chi connectivity index (χ2n) is 9.52. The van der Waals surface area contributed by atoms with Crippen LogP contribution in [0.15, 0.2) is 51.7 Å². The van der Waals surface area contributed by atoms with Crippen LogP contribution in [0, 0.1) is 0 Å². The van der Waals surface area contributed by atoms with Gasteiger partial charge in [-0.1, -0.05) is 36.0 Å². The first-order valence-electron chi connectivity index (χ1n) is 12.1. The number of nitrogens with one attached hydrogen (secondary N) is 2. The van der Waals surface area contributed by atoms with E-state index >= 15 is 0 Å². The standard InChI is InChI=1S/C25H33N5O2S3/c1-17-15-30(16-18(2)27-17)11-10-20-14-26-25(34-20)21-13-19-7-6-8-22(24(19)28-21)29(3)35(31,32)23-9-4-5-12-33-23/h4-9,13,17-18,20,27-28H,10-12,14-16H2,1-3H3/t17-,18?,20?/m0/s1. The molecule has 0 aliphatic carbocycles. The zero-order chi connectivity index (χ0) is 24.6. The van der Waals surface area contributed by atoms with Gasteiger partial charge < -0.3 is 15.2 Å². The van der Waals surface area contributed by atoms with Crippen LogP contribution in [0.1, 0.15) is 26.0 Å². The Morgan fingerprint density at radius 2 is 2.03 bits per heavy atom. The number of nitrogens with zero attached hydrogens (tertiary/aromatic N) is 3. The lowest BCUT2D eigenvalue weighted by atomic mass is 10.1. The van der Waals surface area contributed by atoms with Gasteiger partial charge in [-0.2, -0.15) is 0 Å². The molecular weight excluding hydrogens is 499 g/mol. The normalized spacial score (nSPS) is 25.6. The molecule has 1 aromatic carbocycles. The van der Waals surface area contributed by atoms with Crippen LogP contribution < -0.4 is 9.62 Å². The number of piperazine rings is 1. The van der Waals surface area contributed by atoms with E-state index in [1.807, 2.05) is 36.0 Å². The molecule has 0 radical (unpaired) electrons. The Bertz CT molecular complexity index is 1270. The molecule has 3 aliphatic rings. The average Bonchev–Trinajstić information content (AvgIpc) is 3.49. The Hall–Kier alpha value is -1.72. The first kappa shape index (κ1) is 25.0. The van der Waals surface area contributed by atoms with E-state index in [-0.39, 0.29) is 0 Å². The summed E-state index contributed by atoms with van der Waals surface area (Å²) >= 11 is 3.18. The Balaban J connectivity index is 1.29. The third kappa shape index (κ3) is 5.36. The van der Waals surface area contributed by atoms with E-state index < -0.39 is 10.0 Å². The van der Waals surface area contributed by atoms with Crippen LogP contribution in [0.3, 0.4) is 0 Å². The largest absolute Gasteiger partial charge is 0.351 e. The van der Waals surface area contributed by atoms with Crippen molar-refractivity contribution in [3.63, 3.8) is 0 Å². The van der Waals surface area contributed by atoms with Gasteiger partial charge in [0.1, 0.15) is 9.28 Å². The molecule has 0 bridgehead atoms. The number of allylic oxidation sites excluding steroid dienone is 2. The molecule has 3 atom stereocenters. The van der Waals surface area contributed by atoms with Crippen molar-refractivity contribution in [2.75, 3.05) is 43.3 Å². The van der Waals surface area contributed by atoms with Gasteiger partial charge in [0.25, 0.3) is 10.0 Å². The van der Waals surface area contributed by atoms with Crippen molar-refractivity contribution >= 4 is 55.2 Å². The highest BCUT2D eigenvalue weighted by molar-refractivity contribution is 8.19. The van der Waals surface area contributed by atoms with Gasteiger partial charge in [-0.3, -0.25) is 9.30 Å². The van der Waals surface area contributed by atoms with Gasteiger partial charge in [0.2, 0.25) is 0 Å². The lowest BCUT2D eigenvalue weighted by molar-refractivity contribution is 0.172. The van der Waals surface area contributed by atoms with Gasteiger partial charge in [0, 0.05) is 48.6 Å². The third-order valence-electron chi connectivity index (χ3n) is 6.63. The molecule has 1 fully saturated rings. The van der Waals surface area contributed by atoms with Crippen molar-refractivity contribution in [3.8, 4) is 0 Å². The number of rotatable bonds is 7. The fraction of sp³-hybridized carbons (Fsp3) is 0.480. The number of benzene rings is 1. The minimum absolute atomic E-state index is 0.373. The van der Waals surface area contributed by atoms with Gasteiger partial charge in [-0.05, 0) is 45.0 Å². The summed E-state index contributed by atoms with van der Waals surface area (Å²) in [5.74, 6) is 0.667. The number of H-pyrrole nitrogens is 1. The van der Waals surface area contributed by atoms with Gasteiger partial charge in [-0.15, -0.1) is 11.8 Å². The highest BCUT2D eigenvalue weighted by Crippen LogP contribution is 2.35. The van der Waals surface area contributed by atoms with Crippen molar-refractivity contribution in [1.29, 1.82) is 0 Å². The van der Waals surface area contributed by atoms with Crippen LogP contribution in [0.4, 0.5) is 5.69 Å². The lowest BCUT2D eigenvalue weighted by Gasteiger charge is -2.36. The second kappa shape index (κ2) is 10.3. The first-order chi connectivity index (χ1) is 16.8. The average molecular weight is 532 g/mol. The molecule has 7 nitrogen and oxygen atoms in total. The van der Waals surface area contributed by atoms with Crippen LogP contribution in [-0.4, -0.2) is 79.7 Å². The molecule has 10 heteroatoms. The SMILES string of the molecule is CC1CN(CCC2CN=C(c3cc4cccc(N(C)S(=O)(=O)C5=CC=CCS5)c4[nH]3)S2)C[C@H](C)N1. The van der Waals surface area contributed by atoms with Crippen LogP contribution in [0.25, 0.3) is 10.9 Å². The van der Waals surface area contributed by atoms with Gasteiger partial charge in [0.05, 0.1) is 23.4 Å². The number of thioether (sulfide) groups is 2. The Morgan fingerprint density at radius 1 is 1.23 bits per heavy atom.